The summed E-state index contributed by atoms with van der Waals surface area (Å²) in [6.07, 6.45) is 8.30. The summed E-state index contributed by atoms with van der Waals surface area (Å²) >= 11 is 0. The molecular weight excluding hydrogens is 363 g/mol. The first-order chi connectivity index (χ1) is 11.9. The lowest BCUT2D eigenvalue weighted by atomic mass is 9.98. The number of hydrogen-bond acceptors (Lipinski definition) is 2. The van der Waals surface area contributed by atoms with Crippen molar-refractivity contribution in [2.45, 2.75) is 51.6 Å². The van der Waals surface area contributed by atoms with Crippen molar-refractivity contribution in [2.24, 2.45) is 0 Å². The number of nitrogens with zero attached hydrogens (tertiary/aromatic N) is 2. The summed E-state index contributed by atoms with van der Waals surface area (Å²) in [5.41, 5.74) is 3.11. The van der Waals surface area contributed by atoms with E-state index in [0.29, 0.717) is 0 Å². The van der Waals surface area contributed by atoms with E-state index in [1.54, 1.807) is 11.1 Å². The molecule has 0 atom stereocenters. The molecule has 0 saturated carbocycles. The zero-order chi connectivity index (χ0) is 16.2. The monoisotopic (exact) mass is 394 g/mol. The first-order valence-corrected chi connectivity index (χ1v) is 9.84. The Hall–Kier alpha value is -0.800. The van der Waals surface area contributed by atoms with Crippen molar-refractivity contribution >= 4 is 35.6 Å². The minimum atomic E-state index is 0. The lowest BCUT2D eigenvalue weighted by molar-refractivity contribution is 0.210. The second kappa shape index (κ2) is 10.5. The van der Waals surface area contributed by atoms with E-state index < -0.39 is 0 Å². The Labute approximate surface area is 170 Å². The smallest absolute Gasteiger partial charge is 0.0237 e. The molecule has 2 aliphatic rings. The fourth-order valence-electron chi connectivity index (χ4n) is 4.35. The van der Waals surface area contributed by atoms with Crippen LogP contribution in [0.2, 0.25) is 0 Å². The van der Waals surface area contributed by atoms with Gasteiger partial charge in [-0.2, -0.15) is 0 Å². The average molecular weight is 395 g/mol. The molecule has 2 aromatic rings. The van der Waals surface area contributed by atoms with Gasteiger partial charge in [-0.3, -0.25) is 9.80 Å². The van der Waals surface area contributed by atoms with Crippen molar-refractivity contribution < 1.29 is 0 Å². The van der Waals surface area contributed by atoms with Gasteiger partial charge >= 0.3 is 0 Å². The van der Waals surface area contributed by atoms with Gasteiger partial charge in [0.05, 0.1) is 0 Å². The number of piperidine rings is 2. The Morgan fingerprint density at radius 1 is 0.577 bits per heavy atom. The van der Waals surface area contributed by atoms with Gasteiger partial charge in [-0.25, -0.2) is 0 Å². The van der Waals surface area contributed by atoms with E-state index >= 15 is 0 Å². The molecule has 144 valence electrons. The van der Waals surface area contributed by atoms with Crippen LogP contribution in [0.4, 0.5) is 0 Å². The normalized spacial score (nSPS) is 18.9. The van der Waals surface area contributed by atoms with Crippen molar-refractivity contribution in [3.63, 3.8) is 0 Å². The van der Waals surface area contributed by atoms with E-state index in [1.165, 1.54) is 75.5 Å². The standard InChI is InChI=1S/C22H30N2.2ClH/c1-5-11-23(12-6-1)17-21-15-19-9-3-4-10-20(19)16-22(21)18-24-13-7-2-8-14-24;;/h3-4,9-10,15-16H,1-2,5-8,11-14,17-18H2;2*1H. The van der Waals surface area contributed by atoms with Crippen LogP contribution in [0.25, 0.3) is 10.8 Å². The molecule has 0 spiro atoms. The Balaban J connectivity index is 0.00000121. The molecule has 2 aliphatic heterocycles. The quantitative estimate of drug-likeness (QED) is 0.660. The molecule has 4 heteroatoms. The highest BCUT2D eigenvalue weighted by Crippen LogP contribution is 2.25. The maximum Gasteiger partial charge on any atom is 0.0237 e. The first kappa shape index (κ1) is 21.5. The third-order valence-electron chi connectivity index (χ3n) is 5.75. The number of rotatable bonds is 4. The minimum Gasteiger partial charge on any atom is -0.299 e. The SMILES string of the molecule is Cl.Cl.c1ccc2cc(CN3CCCCC3)c(CN3CCCCC3)cc2c1. The highest BCUT2D eigenvalue weighted by Gasteiger charge is 2.16. The first-order valence-electron chi connectivity index (χ1n) is 9.84. The predicted molar refractivity (Wildman–Crippen MR) is 117 cm³/mol. The summed E-state index contributed by atoms with van der Waals surface area (Å²) in [7, 11) is 0. The van der Waals surface area contributed by atoms with E-state index in [9.17, 15) is 0 Å². The van der Waals surface area contributed by atoms with Crippen molar-refractivity contribution in [1.29, 1.82) is 0 Å². The van der Waals surface area contributed by atoms with Gasteiger partial charge in [0.2, 0.25) is 0 Å². The summed E-state index contributed by atoms with van der Waals surface area (Å²) in [4.78, 5) is 5.32. The molecule has 0 unspecified atom stereocenters. The minimum absolute atomic E-state index is 0. The van der Waals surface area contributed by atoms with Crippen molar-refractivity contribution in [1.82, 2.24) is 9.80 Å². The Kier molecular flexibility index (Phi) is 8.69. The maximum atomic E-state index is 2.66. The molecule has 0 radical (unpaired) electrons. The molecule has 2 nitrogen and oxygen atoms in total. The Bertz CT molecular complexity index is 618. The van der Waals surface area contributed by atoms with Crippen LogP contribution in [-0.4, -0.2) is 36.0 Å². The Morgan fingerprint density at radius 2 is 0.962 bits per heavy atom. The number of fused-ring (bicyclic) bond motifs is 1. The van der Waals surface area contributed by atoms with Gasteiger partial charge in [-0.05, 0) is 85.9 Å². The fraction of sp³-hybridized carbons (Fsp3) is 0.545. The van der Waals surface area contributed by atoms with Crippen LogP contribution in [0.15, 0.2) is 36.4 Å². The number of benzene rings is 2. The summed E-state index contributed by atoms with van der Waals surface area (Å²) in [5, 5.41) is 2.79. The third-order valence-corrected chi connectivity index (χ3v) is 5.75. The highest BCUT2D eigenvalue weighted by atomic mass is 35.5. The summed E-state index contributed by atoms with van der Waals surface area (Å²) in [5.74, 6) is 0. The van der Waals surface area contributed by atoms with Crippen LogP contribution in [0.1, 0.15) is 49.7 Å². The maximum absolute atomic E-state index is 2.66. The topological polar surface area (TPSA) is 6.48 Å². The van der Waals surface area contributed by atoms with E-state index in [4.69, 9.17) is 0 Å². The lowest BCUT2D eigenvalue weighted by Crippen LogP contribution is -2.31. The molecule has 2 heterocycles. The molecule has 0 amide bonds. The van der Waals surface area contributed by atoms with Gasteiger partial charge in [0.15, 0.2) is 0 Å². The van der Waals surface area contributed by atoms with Crippen molar-refractivity contribution in [3.05, 3.63) is 47.5 Å². The summed E-state index contributed by atoms with van der Waals surface area (Å²) in [6.45, 7) is 7.36. The van der Waals surface area contributed by atoms with Crippen LogP contribution in [0.5, 0.6) is 0 Å². The van der Waals surface area contributed by atoms with E-state index in [1.807, 2.05) is 0 Å². The Morgan fingerprint density at radius 3 is 1.35 bits per heavy atom. The van der Waals surface area contributed by atoms with Gasteiger partial charge in [0.1, 0.15) is 0 Å². The van der Waals surface area contributed by atoms with E-state index in [2.05, 4.69) is 46.2 Å². The van der Waals surface area contributed by atoms with Gasteiger partial charge in [-0.1, -0.05) is 37.1 Å². The highest BCUT2D eigenvalue weighted by molar-refractivity contribution is 5.85. The second-order valence-electron chi connectivity index (χ2n) is 7.64. The molecule has 0 N–H and O–H groups in total. The number of likely N-dealkylation sites (tertiary alicyclic amines) is 2. The molecule has 0 bridgehead atoms. The summed E-state index contributed by atoms with van der Waals surface area (Å²) < 4.78 is 0. The average Bonchev–Trinajstić information content (AvgIpc) is 2.64. The van der Waals surface area contributed by atoms with E-state index in [-0.39, 0.29) is 24.8 Å². The number of halogens is 2. The summed E-state index contributed by atoms with van der Waals surface area (Å²) in [6, 6.07) is 13.8. The predicted octanol–water partition coefficient (Wildman–Crippen LogP) is 5.66. The largest absolute Gasteiger partial charge is 0.299 e. The molecular formula is C22H32Cl2N2. The van der Waals surface area contributed by atoms with Gasteiger partial charge in [-0.15, -0.1) is 24.8 Å². The molecule has 26 heavy (non-hydrogen) atoms. The van der Waals surface area contributed by atoms with Crippen LogP contribution in [0.3, 0.4) is 0 Å². The zero-order valence-electron chi connectivity index (χ0n) is 15.7. The van der Waals surface area contributed by atoms with Gasteiger partial charge in [0, 0.05) is 13.1 Å². The third kappa shape index (κ3) is 5.36. The lowest BCUT2D eigenvalue weighted by Gasteiger charge is -2.30. The molecule has 4 rings (SSSR count). The van der Waals surface area contributed by atoms with E-state index in [0.717, 1.165) is 13.1 Å². The van der Waals surface area contributed by atoms with Crippen LogP contribution >= 0.6 is 24.8 Å². The molecule has 2 fully saturated rings. The van der Waals surface area contributed by atoms with Gasteiger partial charge in [0.25, 0.3) is 0 Å². The van der Waals surface area contributed by atoms with Crippen LogP contribution in [0, 0.1) is 0 Å². The van der Waals surface area contributed by atoms with Crippen LogP contribution < -0.4 is 0 Å². The van der Waals surface area contributed by atoms with Gasteiger partial charge < -0.3 is 0 Å². The zero-order valence-corrected chi connectivity index (χ0v) is 17.3. The molecule has 0 aromatic heterocycles. The number of hydrogen-bond donors (Lipinski definition) is 0. The molecule has 0 aliphatic carbocycles. The molecule has 2 aromatic carbocycles. The van der Waals surface area contributed by atoms with Crippen molar-refractivity contribution in [3.8, 4) is 0 Å². The van der Waals surface area contributed by atoms with Crippen molar-refractivity contribution in [2.75, 3.05) is 26.2 Å². The molecule has 2 saturated heterocycles. The van der Waals surface area contributed by atoms with Crippen LogP contribution in [-0.2, 0) is 13.1 Å². The fourth-order valence-corrected chi connectivity index (χ4v) is 4.35. The second-order valence-corrected chi connectivity index (χ2v) is 7.64.